The highest BCUT2D eigenvalue weighted by Gasteiger charge is 2.11. The van der Waals surface area contributed by atoms with Gasteiger partial charge in [0.25, 0.3) is 5.91 Å². The van der Waals surface area contributed by atoms with Gasteiger partial charge in [-0.25, -0.2) is 9.38 Å². The van der Waals surface area contributed by atoms with Gasteiger partial charge in [-0.1, -0.05) is 23.7 Å². The third-order valence-electron chi connectivity index (χ3n) is 3.87. The molecule has 0 unspecified atom stereocenters. The highest BCUT2D eigenvalue weighted by molar-refractivity contribution is 6.31. The van der Waals surface area contributed by atoms with Gasteiger partial charge in [0, 0.05) is 17.4 Å². The molecule has 3 aromatic rings. The number of rotatable bonds is 5. The first kappa shape index (κ1) is 20.3. The van der Waals surface area contributed by atoms with Crippen LogP contribution in [0.5, 0.6) is 5.75 Å². The number of nitrogens with one attached hydrogen (secondary N) is 2. The Kier molecular flexibility index (Phi) is 6.76. The van der Waals surface area contributed by atoms with E-state index in [1.165, 1.54) is 25.3 Å². The summed E-state index contributed by atoms with van der Waals surface area (Å²) in [5.74, 6) is -0.192. The molecule has 6 nitrogen and oxygen atoms in total. The number of aromatic nitrogens is 1. The van der Waals surface area contributed by atoms with Crippen LogP contribution >= 0.6 is 11.6 Å². The molecule has 0 spiro atoms. The smallest absolute Gasteiger partial charge is 0.258 e. The van der Waals surface area contributed by atoms with Crippen LogP contribution in [0.25, 0.3) is 0 Å². The van der Waals surface area contributed by atoms with Gasteiger partial charge in [-0.2, -0.15) is 0 Å². The first-order valence-corrected chi connectivity index (χ1v) is 9.05. The number of amides is 1. The van der Waals surface area contributed by atoms with E-state index in [2.05, 4.69) is 20.6 Å². The van der Waals surface area contributed by atoms with Gasteiger partial charge in [-0.15, -0.1) is 0 Å². The molecule has 1 aromatic heterocycles. The maximum absolute atomic E-state index is 13.4. The Balaban J connectivity index is 1.82. The highest BCUT2D eigenvalue weighted by Crippen LogP contribution is 2.19. The number of anilines is 1. The molecule has 0 saturated carbocycles. The molecular weight excluding hydrogens is 395 g/mol. The number of benzene rings is 2. The average molecular weight is 413 g/mol. The summed E-state index contributed by atoms with van der Waals surface area (Å²) in [6.45, 7) is 0.233. The van der Waals surface area contributed by atoms with Gasteiger partial charge >= 0.3 is 0 Å². The number of carbonyl (C=O) groups excluding carboxylic acids is 1. The van der Waals surface area contributed by atoms with E-state index in [1.54, 1.807) is 36.5 Å². The number of hydrogen-bond acceptors (Lipinski definition) is 4. The van der Waals surface area contributed by atoms with Crippen LogP contribution in [0.15, 0.2) is 71.9 Å². The number of carbonyl (C=O) groups is 1. The van der Waals surface area contributed by atoms with Crippen molar-refractivity contribution < 1.29 is 13.9 Å². The normalized spacial score (nSPS) is 11.1. The molecule has 8 heteroatoms. The fraction of sp³-hybridized carbons (Fsp3) is 0.0952. The summed E-state index contributed by atoms with van der Waals surface area (Å²) in [4.78, 5) is 21.3. The monoisotopic (exact) mass is 412 g/mol. The lowest BCUT2D eigenvalue weighted by molar-refractivity contribution is 0.0976. The predicted molar refractivity (Wildman–Crippen MR) is 111 cm³/mol. The van der Waals surface area contributed by atoms with E-state index in [-0.39, 0.29) is 23.4 Å². The van der Waals surface area contributed by atoms with E-state index in [0.717, 1.165) is 5.69 Å². The summed E-state index contributed by atoms with van der Waals surface area (Å²) in [5.41, 5.74) is 1.59. The van der Waals surface area contributed by atoms with Gasteiger partial charge < -0.3 is 10.1 Å². The molecule has 0 radical (unpaired) electrons. The van der Waals surface area contributed by atoms with Crippen LogP contribution in [-0.2, 0) is 6.54 Å². The fourth-order valence-electron chi connectivity index (χ4n) is 2.42. The molecular formula is C21H18ClFN4O2. The number of hydrogen-bond donors (Lipinski definition) is 2. The fourth-order valence-corrected chi connectivity index (χ4v) is 2.60. The molecule has 29 heavy (non-hydrogen) atoms. The first-order valence-electron chi connectivity index (χ1n) is 8.67. The Morgan fingerprint density at radius 1 is 1.17 bits per heavy atom. The van der Waals surface area contributed by atoms with Crippen molar-refractivity contribution in [2.24, 2.45) is 4.99 Å². The minimum atomic E-state index is -0.537. The number of halogens is 2. The number of nitrogens with zero attached hydrogens (tertiary/aromatic N) is 2. The highest BCUT2D eigenvalue weighted by atomic mass is 35.5. The third kappa shape index (κ3) is 5.76. The van der Waals surface area contributed by atoms with Gasteiger partial charge in [0.05, 0.1) is 24.4 Å². The van der Waals surface area contributed by atoms with Crippen molar-refractivity contribution >= 4 is 29.2 Å². The molecule has 0 atom stereocenters. The first-order chi connectivity index (χ1) is 14.0. The number of methoxy groups -OCH3 is 1. The van der Waals surface area contributed by atoms with Crippen LogP contribution in [0.1, 0.15) is 16.1 Å². The van der Waals surface area contributed by atoms with Gasteiger partial charge in [0.15, 0.2) is 0 Å². The quantitative estimate of drug-likeness (QED) is 0.484. The molecule has 0 bridgehead atoms. The van der Waals surface area contributed by atoms with Crippen LogP contribution in [0.4, 0.5) is 10.1 Å². The van der Waals surface area contributed by atoms with Crippen LogP contribution in [0, 0.1) is 5.82 Å². The average Bonchev–Trinajstić information content (AvgIpc) is 2.75. The SMILES string of the molecule is COc1cccc(C(=O)NC(=NCc2ccccn2)Nc2ccc(F)c(Cl)c2)c1. The van der Waals surface area contributed by atoms with E-state index in [9.17, 15) is 9.18 Å². The molecule has 0 aliphatic heterocycles. The zero-order chi connectivity index (χ0) is 20.6. The van der Waals surface area contributed by atoms with Crippen molar-refractivity contribution in [3.63, 3.8) is 0 Å². The van der Waals surface area contributed by atoms with Crippen LogP contribution in [0.2, 0.25) is 5.02 Å². The Morgan fingerprint density at radius 3 is 2.76 bits per heavy atom. The lowest BCUT2D eigenvalue weighted by Crippen LogP contribution is -2.36. The summed E-state index contributed by atoms with van der Waals surface area (Å²) in [7, 11) is 1.52. The molecule has 1 heterocycles. The minimum Gasteiger partial charge on any atom is -0.497 e. The van der Waals surface area contributed by atoms with Crippen molar-refractivity contribution in [2.75, 3.05) is 12.4 Å². The van der Waals surface area contributed by atoms with Crippen molar-refractivity contribution in [3.05, 3.63) is 89.0 Å². The third-order valence-corrected chi connectivity index (χ3v) is 4.16. The van der Waals surface area contributed by atoms with Gasteiger partial charge in [0.2, 0.25) is 5.96 Å². The molecule has 0 aliphatic rings. The summed E-state index contributed by atoms with van der Waals surface area (Å²) >= 11 is 5.84. The van der Waals surface area contributed by atoms with Gasteiger partial charge in [0.1, 0.15) is 11.6 Å². The molecule has 0 aliphatic carbocycles. The van der Waals surface area contributed by atoms with E-state index in [4.69, 9.17) is 16.3 Å². The van der Waals surface area contributed by atoms with Crippen molar-refractivity contribution in [3.8, 4) is 5.75 Å². The number of pyridine rings is 1. The second-order valence-corrected chi connectivity index (χ2v) is 6.33. The lowest BCUT2D eigenvalue weighted by Gasteiger charge is -2.13. The number of ether oxygens (including phenoxy) is 1. The maximum atomic E-state index is 13.4. The predicted octanol–water partition coefficient (Wildman–Crippen LogP) is 4.28. The Labute approximate surface area is 172 Å². The van der Waals surface area contributed by atoms with Gasteiger partial charge in [-0.05, 0) is 48.5 Å². The Bertz CT molecular complexity index is 1030. The molecule has 2 aromatic carbocycles. The zero-order valence-corrected chi connectivity index (χ0v) is 16.3. The van der Waals surface area contributed by atoms with Crippen LogP contribution in [-0.4, -0.2) is 24.0 Å². The number of aliphatic imine (C=N–C) groups is 1. The lowest BCUT2D eigenvalue weighted by atomic mass is 10.2. The summed E-state index contributed by atoms with van der Waals surface area (Å²) in [5, 5.41) is 5.63. The largest absolute Gasteiger partial charge is 0.497 e. The summed E-state index contributed by atoms with van der Waals surface area (Å²) < 4.78 is 18.6. The van der Waals surface area contributed by atoms with E-state index >= 15 is 0 Å². The molecule has 1 amide bonds. The maximum Gasteiger partial charge on any atom is 0.258 e. The van der Waals surface area contributed by atoms with Crippen molar-refractivity contribution in [2.45, 2.75) is 6.54 Å². The number of guanidine groups is 1. The zero-order valence-electron chi connectivity index (χ0n) is 15.5. The van der Waals surface area contributed by atoms with Gasteiger partial charge in [-0.3, -0.25) is 15.1 Å². The summed E-state index contributed by atoms with van der Waals surface area (Å²) in [6.07, 6.45) is 1.66. The van der Waals surface area contributed by atoms with E-state index in [1.807, 2.05) is 12.1 Å². The minimum absolute atomic E-state index is 0.0433. The van der Waals surface area contributed by atoms with E-state index in [0.29, 0.717) is 17.0 Å². The molecule has 148 valence electrons. The van der Waals surface area contributed by atoms with Crippen LogP contribution in [0.3, 0.4) is 0 Å². The standard InChI is InChI=1S/C21H18ClFN4O2/c1-29-17-7-4-5-14(11-17)20(28)27-21(25-13-16-6-2-3-10-24-16)26-15-8-9-19(23)18(22)12-15/h2-12H,13H2,1H3,(H2,25,26,27,28). The molecule has 3 rings (SSSR count). The molecule has 0 saturated heterocycles. The van der Waals surface area contributed by atoms with Crippen LogP contribution < -0.4 is 15.4 Å². The summed E-state index contributed by atoms with van der Waals surface area (Å²) in [6, 6.07) is 16.3. The Hall–Kier alpha value is -3.45. The second-order valence-electron chi connectivity index (χ2n) is 5.93. The second kappa shape index (κ2) is 9.66. The molecule has 0 fully saturated rings. The van der Waals surface area contributed by atoms with E-state index < -0.39 is 5.82 Å². The topological polar surface area (TPSA) is 75.6 Å². The molecule has 2 N–H and O–H groups in total. The van der Waals surface area contributed by atoms with Crippen molar-refractivity contribution in [1.29, 1.82) is 0 Å². The Morgan fingerprint density at radius 2 is 2.03 bits per heavy atom. The van der Waals surface area contributed by atoms with Crippen molar-refractivity contribution in [1.82, 2.24) is 10.3 Å².